The first kappa shape index (κ1) is 12.2. The summed E-state index contributed by atoms with van der Waals surface area (Å²) in [7, 11) is 0. The zero-order valence-corrected chi connectivity index (χ0v) is 10.5. The number of rotatable bonds is 3. The summed E-state index contributed by atoms with van der Waals surface area (Å²) >= 11 is 0. The van der Waals surface area contributed by atoms with E-state index in [4.69, 9.17) is 4.74 Å². The first-order chi connectivity index (χ1) is 8.38. The summed E-state index contributed by atoms with van der Waals surface area (Å²) in [5.41, 5.74) is 2.34. The Labute approximate surface area is 104 Å². The second-order valence-corrected chi connectivity index (χ2v) is 4.57. The van der Waals surface area contributed by atoms with Gasteiger partial charge in [-0.3, -0.25) is 0 Å². The molecular formula is C16H20O. The van der Waals surface area contributed by atoms with Crippen LogP contribution >= 0.6 is 0 Å². The van der Waals surface area contributed by atoms with E-state index >= 15 is 0 Å². The van der Waals surface area contributed by atoms with E-state index in [0.29, 0.717) is 6.10 Å². The molecule has 1 aliphatic carbocycles. The maximum atomic E-state index is 5.87. The highest BCUT2D eigenvalue weighted by Gasteiger charge is 2.14. The molecule has 0 aromatic heterocycles. The molecule has 1 aromatic rings. The van der Waals surface area contributed by atoms with Gasteiger partial charge < -0.3 is 4.74 Å². The molecule has 0 atom stereocenters. The van der Waals surface area contributed by atoms with E-state index in [-0.39, 0.29) is 0 Å². The molecule has 0 aliphatic heterocycles. The van der Waals surface area contributed by atoms with E-state index < -0.39 is 0 Å². The van der Waals surface area contributed by atoms with Gasteiger partial charge in [-0.2, -0.15) is 0 Å². The van der Waals surface area contributed by atoms with Crippen LogP contribution in [0.15, 0.2) is 24.3 Å². The van der Waals surface area contributed by atoms with Gasteiger partial charge in [0, 0.05) is 12.0 Å². The third-order valence-electron chi connectivity index (χ3n) is 3.15. The maximum Gasteiger partial charge on any atom is 0.0720 e. The molecule has 0 bridgehead atoms. The monoisotopic (exact) mass is 228 g/mol. The molecular weight excluding hydrogens is 208 g/mol. The molecule has 0 radical (unpaired) electrons. The molecule has 1 fully saturated rings. The van der Waals surface area contributed by atoms with Crippen LogP contribution in [0.25, 0.3) is 0 Å². The van der Waals surface area contributed by atoms with Gasteiger partial charge in [0.2, 0.25) is 0 Å². The fraction of sp³-hybridized carbons (Fsp3) is 0.500. The van der Waals surface area contributed by atoms with Crippen molar-refractivity contribution in [3.8, 4) is 11.8 Å². The van der Waals surface area contributed by atoms with Gasteiger partial charge in [-0.15, -0.1) is 0 Å². The van der Waals surface area contributed by atoms with Gasteiger partial charge >= 0.3 is 0 Å². The van der Waals surface area contributed by atoms with Crippen molar-refractivity contribution in [2.45, 2.75) is 51.7 Å². The molecule has 17 heavy (non-hydrogen) atoms. The molecule has 0 heterocycles. The highest BCUT2D eigenvalue weighted by atomic mass is 16.5. The Morgan fingerprint density at radius 2 is 1.88 bits per heavy atom. The lowest BCUT2D eigenvalue weighted by molar-refractivity contribution is 0.0457. The van der Waals surface area contributed by atoms with E-state index in [1.807, 2.05) is 0 Å². The molecule has 1 aliphatic rings. The summed E-state index contributed by atoms with van der Waals surface area (Å²) in [5.74, 6) is 6.21. The second-order valence-electron chi connectivity index (χ2n) is 4.57. The summed E-state index contributed by atoms with van der Waals surface area (Å²) in [6, 6.07) is 8.40. The van der Waals surface area contributed by atoms with Crippen LogP contribution < -0.4 is 0 Å². The Morgan fingerprint density at radius 3 is 2.53 bits per heavy atom. The Bertz CT molecular complexity index is 388. The van der Waals surface area contributed by atoms with E-state index in [1.165, 1.54) is 31.2 Å². The van der Waals surface area contributed by atoms with Crippen molar-refractivity contribution >= 4 is 0 Å². The first-order valence-corrected chi connectivity index (χ1v) is 6.58. The van der Waals surface area contributed by atoms with Crippen molar-refractivity contribution in [3.05, 3.63) is 35.4 Å². The van der Waals surface area contributed by atoms with Gasteiger partial charge in [0.1, 0.15) is 0 Å². The van der Waals surface area contributed by atoms with Gasteiger partial charge in [-0.05, 0) is 30.5 Å². The molecule has 1 nitrogen and oxygen atoms in total. The maximum absolute atomic E-state index is 5.87. The normalized spacial score (nSPS) is 15.6. The van der Waals surface area contributed by atoms with Crippen molar-refractivity contribution in [2.75, 3.05) is 0 Å². The predicted molar refractivity (Wildman–Crippen MR) is 70.7 cm³/mol. The molecule has 0 spiro atoms. The lowest BCUT2D eigenvalue weighted by Crippen LogP contribution is -2.06. The number of hydrogen-bond donors (Lipinski definition) is 0. The molecule has 0 unspecified atom stereocenters. The molecule has 90 valence electrons. The molecule has 1 saturated carbocycles. The van der Waals surface area contributed by atoms with Crippen molar-refractivity contribution in [2.24, 2.45) is 0 Å². The van der Waals surface area contributed by atoms with Gasteiger partial charge in [-0.1, -0.05) is 43.7 Å². The fourth-order valence-electron chi connectivity index (χ4n) is 2.14. The van der Waals surface area contributed by atoms with E-state index in [2.05, 4.69) is 43.0 Å². The van der Waals surface area contributed by atoms with Gasteiger partial charge in [0.15, 0.2) is 0 Å². The Hall–Kier alpha value is -1.26. The largest absolute Gasteiger partial charge is 0.374 e. The Kier molecular flexibility index (Phi) is 4.64. The summed E-state index contributed by atoms with van der Waals surface area (Å²) < 4.78 is 5.87. The van der Waals surface area contributed by atoms with Crippen LogP contribution in [-0.4, -0.2) is 6.10 Å². The molecule has 2 rings (SSSR count). The summed E-state index contributed by atoms with van der Waals surface area (Å²) in [6.45, 7) is 2.81. The standard InChI is InChI=1S/C16H20O/c1-2-3-6-14-9-11-15(12-10-14)13-17-16-7-4-5-8-16/h9-12,16H,2,4-5,7-8,13H2,1H3. The smallest absolute Gasteiger partial charge is 0.0720 e. The van der Waals surface area contributed by atoms with Gasteiger partial charge in [-0.25, -0.2) is 0 Å². The minimum Gasteiger partial charge on any atom is -0.374 e. The highest BCUT2D eigenvalue weighted by molar-refractivity contribution is 5.35. The highest BCUT2D eigenvalue weighted by Crippen LogP contribution is 2.22. The topological polar surface area (TPSA) is 9.23 Å². The quantitative estimate of drug-likeness (QED) is 0.713. The van der Waals surface area contributed by atoms with E-state index in [1.54, 1.807) is 0 Å². The predicted octanol–water partition coefficient (Wildman–Crippen LogP) is 3.91. The van der Waals surface area contributed by atoms with Crippen molar-refractivity contribution in [3.63, 3.8) is 0 Å². The van der Waals surface area contributed by atoms with E-state index in [0.717, 1.165) is 18.6 Å². The first-order valence-electron chi connectivity index (χ1n) is 6.58. The van der Waals surface area contributed by atoms with Crippen LogP contribution in [0.3, 0.4) is 0 Å². The number of benzene rings is 1. The van der Waals surface area contributed by atoms with Crippen molar-refractivity contribution < 1.29 is 4.74 Å². The summed E-state index contributed by atoms with van der Waals surface area (Å²) in [4.78, 5) is 0. The molecule has 0 N–H and O–H groups in total. The van der Waals surface area contributed by atoms with Crippen LogP contribution in [0, 0.1) is 11.8 Å². The van der Waals surface area contributed by atoms with Crippen LogP contribution in [0.5, 0.6) is 0 Å². The molecule has 1 heteroatoms. The number of hydrogen-bond acceptors (Lipinski definition) is 1. The molecule has 0 amide bonds. The third kappa shape index (κ3) is 3.91. The average molecular weight is 228 g/mol. The average Bonchev–Trinajstić information content (AvgIpc) is 2.88. The Balaban J connectivity index is 1.84. The Morgan fingerprint density at radius 1 is 1.18 bits per heavy atom. The van der Waals surface area contributed by atoms with Gasteiger partial charge in [0.05, 0.1) is 12.7 Å². The second kappa shape index (κ2) is 6.47. The summed E-state index contributed by atoms with van der Waals surface area (Å²) in [5, 5.41) is 0. The lowest BCUT2D eigenvalue weighted by Gasteiger charge is -2.10. The minimum absolute atomic E-state index is 0.495. The fourth-order valence-corrected chi connectivity index (χ4v) is 2.14. The SMILES string of the molecule is CCC#Cc1ccc(COC2CCCC2)cc1. The van der Waals surface area contributed by atoms with Crippen LogP contribution in [0.1, 0.15) is 50.2 Å². The lowest BCUT2D eigenvalue weighted by atomic mass is 10.1. The summed E-state index contributed by atoms with van der Waals surface area (Å²) in [6.07, 6.45) is 6.54. The minimum atomic E-state index is 0.495. The van der Waals surface area contributed by atoms with Crippen molar-refractivity contribution in [1.82, 2.24) is 0 Å². The van der Waals surface area contributed by atoms with Crippen LogP contribution in [0.2, 0.25) is 0 Å². The third-order valence-corrected chi connectivity index (χ3v) is 3.15. The molecule has 0 saturated heterocycles. The van der Waals surface area contributed by atoms with Crippen molar-refractivity contribution in [1.29, 1.82) is 0 Å². The zero-order valence-electron chi connectivity index (χ0n) is 10.5. The van der Waals surface area contributed by atoms with E-state index in [9.17, 15) is 0 Å². The zero-order chi connectivity index (χ0) is 11.9. The van der Waals surface area contributed by atoms with Gasteiger partial charge in [0.25, 0.3) is 0 Å². The number of ether oxygens (including phenoxy) is 1. The molecule has 1 aromatic carbocycles. The van der Waals surface area contributed by atoms with Crippen LogP contribution in [0.4, 0.5) is 0 Å². The van der Waals surface area contributed by atoms with Crippen LogP contribution in [-0.2, 0) is 11.3 Å².